The quantitative estimate of drug-likeness (QED) is 0.625. The van der Waals surface area contributed by atoms with Crippen molar-refractivity contribution >= 4 is 11.8 Å². The molecule has 0 aliphatic carbocycles. The average molecular weight is 256 g/mol. The predicted octanol–water partition coefficient (Wildman–Crippen LogP) is 2.68. The third-order valence-corrected chi connectivity index (χ3v) is 2.67. The van der Waals surface area contributed by atoms with E-state index in [2.05, 4.69) is 4.98 Å². The van der Waals surface area contributed by atoms with E-state index in [0.717, 1.165) is 11.4 Å². The SMILES string of the molecule is Cc1ccc(OC(=O)c2ccnc(N(C)C)c2)cc1. The Morgan fingerprint density at radius 1 is 1.16 bits per heavy atom. The number of hydrogen-bond acceptors (Lipinski definition) is 4. The Morgan fingerprint density at radius 2 is 1.84 bits per heavy atom. The van der Waals surface area contributed by atoms with Crippen LogP contribution in [0.2, 0.25) is 0 Å². The van der Waals surface area contributed by atoms with Gasteiger partial charge in [-0.2, -0.15) is 0 Å². The van der Waals surface area contributed by atoms with Gasteiger partial charge in [0.05, 0.1) is 5.56 Å². The Morgan fingerprint density at radius 3 is 2.47 bits per heavy atom. The number of anilines is 1. The molecule has 0 bridgehead atoms. The normalized spacial score (nSPS) is 10.1. The Labute approximate surface area is 112 Å². The van der Waals surface area contributed by atoms with E-state index in [0.29, 0.717) is 11.3 Å². The van der Waals surface area contributed by atoms with Crippen molar-refractivity contribution in [3.8, 4) is 5.75 Å². The molecule has 0 fully saturated rings. The molecule has 0 aliphatic heterocycles. The van der Waals surface area contributed by atoms with E-state index >= 15 is 0 Å². The first kappa shape index (κ1) is 13.1. The van der Waals surface area contributed by atoms with Crippen molar-refractivity contribution in [1.29, 1.82) is 0 Å². The summed E-state index contributed by atoms with van der Waals surface area (Å²) in [7, 11) is 3.74. The highest BCUT2D eigenvalue weighted by Gasteiger charge is 2.10. The largest absolute Gasteiger partial charge is 0.423 e. The van der Waals surface area contributed by atoms with Crippen molar-refractivity contribution in [1.82, 2.24) is 4.98 Å². The van der Waals surface area contributed by atoms with Crippen molar-refractivity contribution in [2.24, 2.45) is 0 Å². The second kappa shape index (κ2) is 5.52. The van der Waals surface area contributed by atoms with Crippen LogP contribution in [0.25, 0.3) is 0 Å². The fraction of sp³-hybridized carbons (Fsp3) is 0.200. The first-order valence-corrected chi connectivity index (χ1v) is 5.98. The predicted molar refractivity (Wildman–Crippen MR) is 74.7 cm³/mol. The summed E-state index contributed by atoms with van der Waals surface area (Å²) < 4.78 is 5.30. The van der Waals surface area contributed by atoms with E-state index in [1.54, 1.807) is 30.5 Å². The smallest absolute Gasteiger partial charge is 0.343 e. The molecule has 0 unspecified atom stereocenters. The maximum absolute atomic E-state index is 12.0. The molecule has 98 valence electrons. The lowest BCUT2D eigenvalue weighted by molar-refractivity contribution is 0.0734. The van der Waals surface area contributed by atoms with Crippen LogP contribution in [0.1, 0.15) is 15.9 Å². The molecule has 0 aliphatic rings. The summed E-state index contributed by atoms with van der Waals surface area (Å²) >= 11 is 0. The summed E-state index contributed by atoms with van der Waals surface area (Å²) in [5.74, 6) is 0.881. The van der Waals surface area contributed by atoms with E-state index in [1.165, 1.54) is 0 Å². The van der Waals surface area contributed by atoms with Gasteiger partial charge >= 0.3 is 5.97 Å². The monoisotopic (exact) mass is 256 g/mol. The number of ether oxygens (including phenoxy) is 1. The van der Waals surface area contributed by atoms with Gasteiger partial charge in [-0.1, -0.05) is 17.7 Å². The highest BCUT2D eigenvalue weighted by atomic mass is 16.5. The topological polar surface area (TPSA) is 42.4 Å². The first-order valence-electron chi connectivity index (χ1n) is 5.98. The van der Waals surface area contributed by atoms with Crippen molar-refractivity contribution in [3.05, 3.63) is 53.7 Å². The van der Waals surface area contributed by atoms with Gasteiger partial charge in [-0.3, -0.25) is 0 Å². The lowest BCUT2D eigenvalue weighted by Crippen LogP contribution is -2.13. The Hall–Kier alpha value is -2.36. The summed E-state index contributed by atoms with van der Waals surface area (Å²) in [5, 5.41) is 0. The van der Waals surface area contributed by atoms with E-state index in [9.17, 15) is 4.79 Å². The van der Waals surface area contributed by atoms with Crippen LogP contribution in [0, 0.1) is 6.92 Å². The van der Waals surface area contributed by atoms with Crippen LogP contribution in [0.5, 0.6) is 5.75 Å². The molecule has 2 rings (SSSR count). The molecule has 0 saturated carbocycles. The van der Waals surface area contributed by atoms with Gasteiger partial charge in [0.15, 0.2) is 0 Å². The van der Waals surface area contributed by atoms with Crippen molar-refractivity contribution in [2.45, 2.75) is 6.92 Å². The lowest BCUT2D eigenvalue weighted by atomic mass is 10.2. The summed E-state index contributed by atoms with van der Waals surface area (Å²) in [6, 6.07) is 10.7. The minimum absolute atomic E-state index is 0.380. The van der Waals surface area contributed by atoms with Crippen LogP contribution in [0.3, 0.4) is 0 Å². The minimum atomic E-state index is -0.380. The summed E-state index contributed by atoms with van der Waals surface area (Å²) in [5.41, 5.74) is 1.61. The van der Waals surface area contributed by atoms with Gasteiger partial charge in [0, 0.05) is 20.3 Å². The number of rotatable bonds is 3. The van der Waals surface area contributed by atoms with E-state index in [1.807, 2.05) is 38.1 Å². The van der Waals surface area contributed by atoms with Crippen molar-refractivity contribution in [3.63, 3.8) is 0 Å². The maximum Gasteiger partial charge on any atom is 0.343 e. The molecule has 1 heterocycles. The fourth-order valence-electron chi connectivity index (χ4n) is 1.56. The number of nitrogens with zero attached hydrogens (tertiary/aromatic N) is 2. The molecule has 1 aromatic heterocycles. The maximum atomic E-state index is 12.0. The highest BCUT2D eigenvalue weighted by Crippen LogP contribution is 2.15. The summed E-state index contributed by atoms with van der Waals surface area (Å²) in [4.78, 5) is 18.0. The molecule has 0 radical (unpaired) electrons. The number of pyridine rings is 1. The van der Waals surface area contributed by atoms with Crippen LogP contribution >= 0.6 is 0 Å². The molecule has 4 heteroatoms. The number of hydrogen-bond donors (Lipinski definition) is 0. The third kappa shape index (κ3) is 3.31. The Balaban J connectivity index is 2.15. The van der Waals surface area contributed by atoms with Gasteiger partial charge < -0.3 is 9.64 Å². The number of aryl methyl sites for hydroxylation is 1. The third-order valence-electron chi connectivity index (χ3n) is 2.67. The zero-order chi connectivity index (χ0) is 13.8. The molecule has 0 atom stereocenters. The molecule has 1 aromatic carbocycles. The van der Waals surface area contributed by atoms with Gasteiger partial charge in [-0.15, -0.1) is 0 Å². The Bertz CT molecular complexity index is 577. The zero-order valence-electron chi connectivity index (χ0n) is 11.3. The molecule has 4 nitrogen and oxygen atoms in total. The van der Waals surface area contributed by atoms with Gasteiger partial charge in [0.2, 0.25) is 0 Å². The van der Waals surface area contributed by atoms with Crippen LogP contribution in [-0.4, -0.2) is 25.0 Å². The summed E-state index contributed by atoms with van der Waals surface area (Å²) in [6.07, 6.45) is 1.60. The van der Waals surface area contributed by atoms with Crippen molar-refractivity contribution < 1.29 is 9.53 Å². The van der Waals surface area contributed by atoms with Gasteiger partial charge in [-0.25, -0.2) is 9.78 Å². The average Bonchev–Trinajstić information content (AvgIpc) is 2.41. The second-order valence-electron chi connectivity index (χ2n) is 4.50. The molecule has 0 amide bonds. The summed E-state index contributed by atoms with van der Waals surface area (Å²) in [6.45, 7) is 1.98. The van der Waals surface area contributed by atoms with Gasteiger partial charge in [0.25, 0.3) is 0 Å². The van der Waals surface area contributed by atoms with E-state index < -0.39 is 0 Å². The van der Waals surface area contributed by atoms with Gasteiger partial charge in [-0.05, 0) is 31.2 Å². The minimum Gasteiger partial charge on any atom is -0.423 e. The van der Waals surface area contributed by atoms with Crippen LogP contribution in [0.4, 0.5) is 5.82 Å². The molecule has 0 spiro atoms. The van der Waals surface area contributed by atoms with Crippen LogP contribution in [-0.2, 0) is 0 Å². The molecular weight excluding hydrogens is 240 g/mol. The van der Waals surface area contributed by atoms with E-state index in [-0.39, 0.29) is 5.97 Å². The van der Waals surface area contributed by atoms with E-state index in [4.69, 9.17) is 4.74 Å². The highest BCUT2D eigenvalue weighted by molar-refractivity contribution is 5.91. The number of esters is 1. The number of carbonyl (C=O) groups excluding carboxylic acids is 1. The molecule has 0 saturated heterocycles. The van der Waals surface area contributed by atoms with Crippen LogP contribution < -0.4 is 9.64 Å². The second-order valence-corrected chi connectivity index (χ2v) is 4.50. The molecule has 0 N–H and O–H groups in total. The van der Waals surface area contributed by atoms with Gasteiger partial charge in [0.1, 0.15) is 11.6 Å². The molecule has 2 aromatic rings. The number of carbonyl (C=O) groups is 1. The zero-order valence-corrected chi connectivity index (χ0v) is 11.3. The fourth-order valence-corrected chi connectivity index (χ4v) is 1.56. The standard InChI is InChI=1S/C15H16N2O2/c1-11-4-6-13(7-5-11)19-15(18)12-8-9-16-14(10-12)17(2)3/h4-10H,1-3H3. The lowest BCUT2D eigenvalue weighted by Gasteiger charge is -2.11. The molecular formula is C15H16N2O2. The molecule has 19 heavy (non-hydrogen) atoms. The number of aromatic nitrogens is 1. The van der Waals surface area contributed by atoms with Crippen LogP contribution in [0.15, 0.2) is 42.6 Å². The Kier molecular flexibility index (Phi) is 3.80. The van der Waals surface area contributed by atoms with Crippen molar-refractivity contribution in [2.75, 3.05) is 19.0 Å². The number of benzene rings is 1. The first-order chi connectivity index (χ1) is 9.06.